The summed E-state index contributed by atoms with van der Waals surface area (Å²) >= 11 is 1.36. The minimum absolute atomic E-state index is 0. The molecule has 7 nitrogen and oxygen atoms in total. The Morgan fingerprint density at radius 2 is 1.96 bits per heavy atom. The normalized spacial score (nSPS) is 19.6. The number of nitrogens with zero attached hydrogens (tertiary/aromatic N) is 1. The van der Waals surface area contributed by atoms with E-state index in [-0.39, 0.29) is 30.3 Å². The number of hydrogen-bond acceptors (Lipinski definition) is 6. The van der Waals surface area contributed by atoms with Crippen molar-refractivity contribution in [2.24, 2.45) is 11.7 Å². The highest BCUT2D eigenvalue weighted by molar-refractivity contribution is 7.92. The van der Waals surface area contributed by atoms with Crippen LogP contribution in [-0.2, 0) is 14.8 Å². The van der Waals surface area contributed by atoms with E-state index in [1.165, 1.54) is 11.3 Å². The number of amides is 1. The molecule has 4 N–H and O–H groups in total. The zero-order valence-electron chi connectivity index (χ0n) is 14.1. The van der Waals surface area contributed by atoms with Gasteiger partial charge in [0.05, 0.1) is 11.9 Å². The molecule has 0 spiro atoms. The SMILES string of the molecule is CS(=O)(=O)Nc1ccc(-c2csc(NC(=O)C3CCC(N)C3)n2)cc1.Cl. The number of carbonyl (C=O) groups is 1. The Kier molecular flexibility index (Phi) is 6.62. The van der Waals surface area contributed by atoms with Crippen molar-refractivity contribution in [1.82, 2.24) is 4.98 Å². The van der Waals surface area contributed by atoms with Gasteiger partial charge in [-0.1, -0.05) is 12.1 Å². The first-order chi connectivity index (χ1) is 11.8. The van der Waals surface area contributed by atoms with Crippen molar-refractivity contribution in [3.63, 3.8) is 0 Å². The molecule has 2 atom stereocenters. The van der Waals surface area contributed by atoms with Gasteiger partial charge in [0, 0.05) is 28.6 Å². The quantitative estimate of drug-likeness (QED) is 0.693. The summed E-state index contributed by atoms with van der Waals surface area (Å²) in [5.74, 6) is -0.0646. The van der Waals surface area contributed by atoms with E-state index < -0.39 is 10.0 Å². The first kappa shape index (κ1) is 20.6. The van der Waals surface area contributed by atoms with E-state index >= 15 is 0 Å². The molecule has 3 rings (SSSR count). The van der Waals surface area contributed by atoms with Gasteiger partial charge in [0.25, 0.3) is 0 Å². The summed E-state index contributed by atoms with van der Waals surface area (Å²) in [7, 11) is -3.30. The van der Waals surface area contributed by atoms with Crippen LogP contribution in [0.15, 0.2) is 29.6 Å². The van der Waals surface area contributed by atoms with Gasteiger partial charge in [0.15, 0.2) is 5.13 Å². The Balaban J connectivity index is 0.00000243. The van der Waals surface area contributed by atoms with Crippen LogP contribution in [0.5, 0.6) is 0 Å². The van der Waals surface area contributed by atoms with Crippen LogP contribution in [0.25, 0.3) is 11.3 Å². The van der Waals surface area contributed by atoms with Crippen LogP contribution in [0.1, 0.15) is 19.3 Å². The molecule has 1 amide bonds. The van der Waals surface area contributed by atoms with E-state index in [2.05, 4.69) is 15.0 Å². The maximum Gasteiger partial charge on any atom is 0.229 e. The molecule has 1 heterocycles. The lowest BCUT2D eigenvalue weighted by molar-refractivity contribution is -0.119. The number of anilines is 2. The van der Waals surface area contributed by atoms with E-state index in [4.69, 9.17) is 5.73 Å². The monoisotopic (exact) mass is 416 g/mol. The number of aromatic nitrogens is 1. The topological polar surface area (TPSA) is 114 Å². The Morgan fingerprint density at radius 3 is 2.54 bits per heavy atom. The fourth-order valence-electron chi connectivity index (χ4n) is 2.85. The highest BCUT2D eigenvalue weighted by atomic mass is 35.5. The smallest absolute Gasteiger partial charge is 0.229 e. The zero-order chi connectivity index (χ0) is 18.0. The number of nitrogens with one attached hydrogen (secondary N) is 2. The summed E-state index contributed by atoms with van der Waals surface area (Å²) < 4.78 is 24.9. The summed E-state index contributed by atoms with van der Waals surface area (Å²) in [6.07, 6.45) is 3.53. The Morgan fingerprint density at radius 1 is 1.27 bits per heavy atom. The first-order valence-corrected chi connectivity index (χ1v) is 10.7. The summed E-state index contributed by atoms with van der Waals surface area (Å²) in [5, 5.41) is 5.27. The Hall–Kier alpha value is -1.68. The average Bonchev–Trinajstić information content (AvgIpc) is 3.16. The van der Waals surface area contributed by atoms with Crippen molar-refractivity contribution in [3.05, 3.63) is 29.6 Å². The number of sulfonamides is 1. The van der Waals surface area contributed by atoms with Gasteiger partial charge in [-0.15, -0.1) is 23.7 Å². The van der Waals surface area contributed by atoms with Gasteiger partial charge in [0.1, 0.15) is 0 Å². The molecule has 1 saturated carbocycles. The molecule has 142 valence electrons. The van der Waals surface area contributed by atoms with Crippen molar-refractivity contribution in [3.8, 4) is 11.3 Å². The Labute approximate surface area is 162 Å². The molecule has 10 heteroatoms. The molecule has 26 heavy (non-hydrogen) atoms. The standard InChI is InChI=1S/C16H20N4O3S2.ClH/c1-25(22,23)20-13-6-3-10(4-7-13)14-9-24-16(18-14)19-15(21)11-2-5-12(17)8-11;/h3-4,6-7,9,11-12,20H,2,5,8,17H2,1H3,(H,18,19,21);1H. The van der Waals surface area contributed by atoms with Gasteiger partial charge in [-0.3, -0.25) is 9.52 Å². The number of halogens is 1. The lowest BCUT2D eigenvalue weighted by Gasteiger charge is -2.08. The molecule has 0 bridgehead atoms. The van der Waals surface area contributed by atoms with Gasteiger partial charge in [-0.2, -0.15) is 0 Å². The molecule has 0 radical (unpaired) electrons. The predicted molar refractivity (Wildman–Crippen MR) is 107 cm³/mol. The second-order valence-electron chi connectivity index (χ2n) is 6.25. The number of rotatable bonds is 5. The lowest BCUT2D eigenvalue weighted by Crippen LogP contribution is -2.23. The summed E-state index contributed by atoms with van der Waals surface area (Å²) in [4.78, 5) is 16.7. The van der Waals surface area contributed by atoms with E-state index in [0.29, 0.717) is 10.8 Å². The summed E-state index contributed by atoms with van der Waals surface area (Å²) in [6, 6.07) is 7.03. The number of benzene rings is 1. The molecule has 1 aromatic heterocycles. The summed E-state index contributed by atoms with van der Waals surface area (Å²) in [6.45, 7) is 0. The van der Waals surface area contributed by atoms with Crippen LogP contribution < -0.4 is 15.8 Å². The molecule has 1 aliphatic rings. The molecule has 2 aromatic rings. The minimum atomic E-state index is -3.30. The molecular formula is C16H21ClN4O3S2. The van der Waals surface area contributed by atoms with Crippen LogP contribution in [-0.4, -0.2) is 31.6 Å². The fraction of sp³-hybridized carbons (Fsp3) is 0.375. The second-order valence-corrected chi connectivity index (χ2v) is 8.86. The maximum absolute atomic E-state index is 12.2. The number of carbonyl (C=O) groups excluding carboxylic acids is 1. The van der Waals surface area contributed by atoms with Gasteiger partial charge in [0.2, 0.25) is 15.9 Å². The zero-order valence-corrected chi connectivity index (χ0v) is 16.6. The third-order valence-corrected chi connectivity index (χ3v) is 5.43. The molecule has 0 saturated heterocycles. The van der Waals surface area contributed by atoms with Crippen LogP contribution in [0.2, 0.25) is 0 Å². The third kappa shape index (κ3) is 5.41. The molecular weight excluding hydrogens is 396 g/mol. The van der Waals surface area contributed by atoms with E-state index in [1.54, 1.807) is 24.3 Å². The van der Waals surface area contributed by atoms with Crippen LogP contribution >= 0.6 is 23.7 Å². The molecule has 1 aromatic carbocycles. The van der Waals surface area contributed by atoms with Crippen molar-refractivity contribution in [2.75, 3.05) is 16.3 Å². The van der Waals surface area contributed by atoms with Crippen LogP contribution in [0.4, 0.5) is 10.8 Å². The van der Waals surface area contributed by atoms with Crippen LogP contribution in [0, 0.1) is 5.92 Å². The van der Waals surface area contributed by atoms with E-state index in [1.807, 2.05) is 5.38 Å². The van der Waals surface area contributed by atoms with E-state index in [9.17, 15) is 13.2 Å². The van der Waals surface area contributed by atoms with E-state index in [0.717, 1.165) is 36.8 Å². The number of hydrogen-bond donors (Lipinski definition) is 3. The first-order valence-electron chi connectivity index (χ1n) is 7.90. The van der Waals surface area contributed by atoms with Crippen LogP contribution in [0.3, 0.4) is 0 Å². The van der Waals surface area contributed by atoms with Crippen molar-refractivity contribution in [2.45, 2.75) is 25.3 Å². The minimum Gasteiger partial charge on any atom is -0.328 e. The lowest BCUT2D eigenvalue weighted by atomic mass is 10.1. The maximum atomic E-state index is 12.2. The molecule has 1 aliphatic carbocycles. The van der Waals surface area contributed by atoms with Gasteiger partial charge in [-0.05, 0) is 31.4 Å². The predicted octanol–water partition coefficient (Wildman–Crippen LogP) is 2.67. The van der Waals surface area contributed by atoms with Crippen molar-refractivity contribution < 1.29 is 13.2 Å². The highest BCUT2D eigenvalue weighted by Gasteiger charge is 2.28. The fourth-order valence-corrected chi connectivity index (χ4v) is 4.14. The number of nitrogens with two attached hydrogens (primary N) is 1. The molecule has 2 unspecified atom stereocenters. The number of thiazole rings is 1. The molecule has 1 fully saturated rings. The highest BCUT2D eigenvalue weighted by Crippen LogP contribution is 2.29. The third-order valence-electron chi connectivity index (χ3n) is 4.06. The average molecular weight is 417 g/mol. The largest absolute Gasteiger partial charge is 0.328 e. The molecule has 0 aliphatic heterocycles. The second kappa shape index (κ2) is 8.34. The van der Waals surface area contributed by atoms with Gasteiger partial charge < -0.3 is 11.1 Å². The van der Waals surface area contributed by atoms with Crippen molar-refractivity contribution >= 4 is 50.5 Å². The van der Waals surface area contributed by atoms with Gasteiger partial charge >= 0.3 is 0 Å². The van der Waals surface area contributed by atoms with Gasteiger partial charge in [-0.25, -0.2) is 13.4 Å². The summed E-state index contributed by atoms with van der Waals surface area (Å²) in [5.41, 5.74) is 7.92. The Bertz CT molecular complexity index is 868. The van der Waals surface area contributed by atoms with Crippen molar-refractivity contribution in [1.29, 1.82) is 0 Å².